The second-order valence-corrected chi connectivity index (χ2v) is 4.13. The predicted molar refractivity (Wildman–Crippen MR) is 52.2 cm³/mol. The summed E-state index contributed by atoms with van der Waals surface area (Å²) >= 11 is 4.25. The van der Waals surface area contributed by atoms with E-state index in [1.54, 1.807) is 18.1 Å². The van der Waals surface area contributed by atoms with Gasteiger partial charge in [-0.25, -0.2) is 4.98 Å². The SMILES string of the molecule is CN1C(=O)C(C)(C)n2c(S)cnc21. The second-order valence-electron chi connectivity index (χ2n) is 3.67. The molecule has 13 heavy (non-hydrogen) atoms. The van der Waals surface area contributed by atoms with Gasteiger partial charge in [0.25, 0.3) is 5.91 Å². The fourth-order valence-electron chi connectivity index (χ4n) is 1.70. The topological polar surface area (TPSA) is 38.1 Å². The molecule has 0 spiro atoms. The van der Waals surface area contributed by atoms with Gasteiger partial charge >= 0.3 is 0 Å². The lowest BCUT2D eigenvalue weighted by Crippen LogP contribution is -2.36. The number of likely N-dealkylation sites (N-methyl/N-ethyl adjacent to an activating group) is 1. The third kappa shape index (κ3) is 0.877. The van der Waals surface area contributed by atoms with Gasteiger partial charge < -0.3 is 0 Å². The van der Waals surface area contributed by atoms with Crippen molar-refractivity contribution in [3.63, 3.8) is 0 Å². The first-order valence-corrected chi connectivity index (χ1v) is 4.46. The molecule has 0 aliphatic carbocycles. The van der Waals surface area contributed by atoms with Gasteiger partial charge in [0, 0.05) is 7.05 Å². The van der Waals surface area contributed by atoms with Crippen molar-refractivity contribution < 1.29 is 4.79 Å². The Morgan fingerprint density at radius 3 is 2.69 bits per heavy atom. The average Bonchev–Trinajstić information content (AvgIpc) is 2.50. The summed E-state index contributed by atoms with van der Waals surface area (Å²) in [5, 5.41) is 0.720. The summed E-state index contributed by atoms with van der Waals surface area (Å²) in [6.07, 6.45) is 1.66. The van der Waals surface area contributed by atoms with Crippen molar-refractivity contribution >= 4 is 24.5 Å². The summed E-state index contributed by atoms with van der Waals surface area (Å²) in [4.78, 5) is 17.4. The van der Waals surface area contributed by atoms with E-state index in [-0.39, 0.29) is 5.91 Å². The summed E-state index contributed by atoms with van der Waals surface area (Å²) in [6, 6.07) is 0. The third-order valence-electron chi connectivity index (χ3n) is 2.41. The van der Waals surface area contributed by atoms with Crippen molar-refractivity contribution in [1.82, 2.24) is 9.55 Å². The number of amides is 1. The molecule has 0 aromatic carbocycles. The third-order valence-corrected chi connectivity index (χ3v) is 2.73. The highest BCUT2D eigenvalue weighted by molar-refractivity contribution is 7.80. The Bertz CT molecular complexity index is 383. The van der Waals surface area contributed by atoms with Gasteiger partial charge in [-0.05, 0) is 13.8 Å². The summed E-state index contributed by atoms with van der Waals surface area (Å²) in [5.41, 5.74) is -0.558. The van der Waals surface area contributed by atoms with Crippen LogP contribution in [0.1, 0.15) is 13.8 Å². The maximum Gasteiger partial charge on any atom is 0.254 e. The van der Waals surface area contributed by atoms with Crippen LogP contribution in [0.5, 0.6) is 0 Å². The molecule has 1 aromatic rings. The molecule has 1 amide bonds. The quantitative estimate of drug-likeness (QED) is 0.627. The highest BCUT2D eigenvalue weighted by Gasteiger charge is 2.43. The summed E-state index contributed by atoms with van der Waals surface area (Å²) in [6.45, 7) is 3.73. The summed E-state index contributed by atoms with van der Waals surface area (Å²) < 4.78 is 1.83. The number of hydrogen-bond donors (Lipinski definition) is 1. The Kier molecular flexibility index (Phi) is 1.52. The molecule has 0 fully saturated rings. The maximum absolute atomic E-state index is 11.7. The van der Waals surface area contributed by atoms with Gasteiger partial charge in [0.05, 0.1) is 11.2 Å². The number of hydrogen-bond acceptors (Lipinski definition) is 3. The fourth-order valence-corrected chi connectivity index (χ4v) is 2.10. The van der Waals surface area contributed by atoms with Crippen molar-refractivity contribution in [3.8, 4) is 0 Å². The lowest BCUT2D eigenvalue weighted by Gasteiger charge is -2.18. The highest BCUT2D eigenvalue weighted by atomic mass is 32.1. The molecule has 0 bridgehead atoms. The highest BCUT2D eigenvalue weighted by Crippen LogP contribution is 2.35. The molecule has 0 N–H and O–H groups in total. The Hall–Kier alpha value is -0.970. The van der Waals surface area contributed by atoms with E-state index >= 15 is 0 Å². The Morgan fingerprint density at radius 2 is 2.15 bits per heavy atom. The molecule has 1 aliphatic rings. The largest absolute Gasteiger partial charge is 0.290 e. The van der Waals surface area contributed by atoms with Crippen molar-refractivity contribution in [2.75, 3.05) is 11.9 Å². The predicted octanol–water partition coefficient (Wildman–Crippen LogP) is 0.883. The maximum atomic E-state index is 11.7. The molecule has 0 saturated carbocycles. The summed E-state index contributed by atoms with van der Waals surface area (Å²) in [5.74, 6) is 0.714. The van der Waals surface area contributed by atoms with Gasteiger partial charge in [-0.2, -0.15) is 0 Å². The van der Waals surface area contributed by atoms with Gasteiger partial charge in [0.2, 0.25) is 5.95 Å². The zero-order chi connectivity index (χ0) is 9.80. The van der Waals surface area contributed by atoms with Crippen LogP contribution in [0, 0.1) is 0 Å². The number of anilines is 1. The van der Waals surface area contributed by atoms with E-state index in [4.69, 9.17) is 0 Å². The average molecular weight is 197 g/mol. The number of imidazole rings is 1. The molecule has 4 nitrogen and oxygen atoms in total. The molecule has 0 radical (unpaired) electrons. The van der Waals surface area contributed by atoms with Crippen molar-refractivity contribution in [1.29, 1.82) is 0 Å². The van der Waals surface area contributed by atoms with Crippen LogP contribution in [0.3, 0.4) is 0 Å². The van der Waals surface area contributed by atoms with Crippen molar-refractivity contribution in [2.24, 2.45) is 0 Å². The van der Waals surface area contributed by atoms with Gasteiger partial charge in [0.1, 0.15) is 5.54 Å². The van der Waals surface area contributed by atoms with Crippen LogP contribution in [0.25, 0.3) is 0 Å². The monoisotopic (exact) mass is 197 g/mol. The smallest absolute Gasteiger partial charge is 0.254 e. The van der Waals surface area contributed by atoms with Crippen LogP contribution >= 0.6 is 12.6 Å². The minimum Gasteiger partial charge on any atom is -0.290 e. The Labute approximate surface area is 82.0 Å². The molecule has 1 aliphatic heterocycles. The second kappa shape index (κ2) is 2.29. The first-order valence-electron chi connectivity index (χ1n) is 4.01. The van der Waals surface area contributed by atoms with E-state index in [9.17, 15) is 4.79 Å². The zero-order valence-corrected chi connectivity index (χ0v) is 8.67. The molecule has 1 aromatic heterocycles. The Morgan fingerprint density at radius 1 is 1.54 bits per heavy atom. The lowest BCUT2D eigenvalue weighted by molar-refractivity contribution is -0.123. The zero-order valence-electron chi connectivity index (χ0n) is 7.77. The number of aromatic nitrogens is 2. The summed E-state index contributed by atoms with van der Waals surface area (Å²) in [7, 11) is 1.73. The van der Waals surface area contributed by atoms with E-state index in [1.165, 1.54) is 0 Å². The molecule has 0 saturated heterocycles. The molecule has 0 unspecified atom stereocenters. The van der Waals surface area contributed by atoms with Crippen LogP contribution in [0.15, 0.2) is 11.2 Å². The number of fused-ring (bicyclic) bond motifs is 1. The number of nitrogens with zero attached hydrogens (tertiary/aromatic N) is 3. The van der Waals surface area contributed by atoms with Crippen LogP contribution in [-0.2, 0) is 10.3 Å². The van der Waals surface area contributed by atoms with E-state index in [0.29, 0.717) is 5.95 Å². The van der Waals surface area contributed by atoms with Gasteiger partial charge in [-0.3, -0.25) is 14.3 Å². The number of rotatable bonds is 0. The molecule has 2 heterocycles. The first-order chi connectivity index (χ1) is 5.96. The van der Waals surface area contributed by atoms with Crippen LogP contribution in [0.2, 0.25) is 0 Å². The van der Waals surface area contributed by atoms with Crippen molar-refractivity contribution in [2.45, 2.75) is 24.4 Å². The molecule has 0 atom stereocenters. The molecule has 70 valence electrons. The van der Waals surface area contributed by atoms with Crippen LogP contribution < -0.4 is 4.90 Å². The minimum absolute atomic E-state index is 0.0471. The van der Waals surface area contributed by atoms with Gasteiger partial charge in [0.15, 0.2) is 0 Å². The number of carbonyl (C=O) groups excluding carboxylic acids is 1. The number of thiol groups is 1. The molecular formula is C8H11N3OS. The molecule has 5 heteroatoms. The van der Waals surface area contributed by atoms with E-state index < -0.39 is 5.54 Å². The van der Waals surface area contributed by atoms with E-state index in [2.05, 4.69) is 17.6 Å². The Balaban J connectivity index is 2.70. The van der Waals surface area contributed by atoms with E-state index in [1.807, 2.05) is 18.4 Å². The van der Waals surface area contributed by atoms with Crippen molar-refractivity contribution in [3.05, 3.63) is 6.20 Å². The fraction of sp³-hybridized carbons (Fsp3) is 0.500. The number of carbonyl (C=O) groups is 1. The van der Waals surface area contributed by atoms with Crippen LogP contribution in [-0.4, -0.2) is 22.5 Å². The van der Waals surface area contributed by atoms with Gasteiger partial charge in [-0.15, -0.1) is 12.6 Å². The first kappa shape index (κ1) is 8.62. The van der Waals surface area contributed by atoms with Crippen LogP contribution in [0.4, 0.5) is 5.95 Å². The van der Waals surface area contributed by atoms with Gasteiger partial charge in [-0.1, -0.05) is 0 Å². The minimum atomic E-state index is -0.558. The normalized spacial score (nSPS) is 19.4. The molecular weight excluding hydrogens is 186 g/mol. The van der Waals surface area contributed by atoms with E-state index in [0.717, 1.165) is 5.03 Å². The standard InChI is InChI=1S/C8H11N3OS/c1-8(2)6(12)10(3)7-9-4-5(13)11(7)8/h4,13H,1-3H3. The molecule has 2 rings (SSSR count). The lowest BCUT2D eigenvalue weighted by atomic mass is 10.1.